The Balaban J connectivity index is 2.72. The lowest BCUT2D eigenvalue weighted by Crippen LogP contribution is -2.22. The predicted molar refractivity (Wildman–Crippen MR) is 53.3 cm³/mol. The van der Waals surface area contributed by atoms with Gasteiger partial charge in [0.15, 0.2) is 5.54 Å². The van der Waals surface area contributed by atoms with E-state index in [-0.39, 0.29) is 0 Å². The molecule has 0 bridgehead atoms. The van der Waals surface area contributed by atoms with Crippen molar-refractivity contribution < 1.29 is 4.79 Å². The SMILES string of the molecule is CCC1CCCC(C#N)(N=C=O)CC1. The fourth-order valence-corrected chi connectivity index (χ4v) is 2.14. The third-order valence-corrected chi connectivity index (χ3v) is 3.21. The summed E-state index contributed by atoms with van der Waals surface area (Å²) in [7, 11) is 0. The van der Waals surface area contributed by atoms with Crippen LogP contribution >= 0.6 is 0 Å². The summed E-state index contributed by atoms with van der Waals surface area (Å²) in [5, 5.41) is 9.03. The second-order valence-corrected chi connectivity index (χ2v) is 4.05. The lowest BCUT2D eigenvalue weighted by molar-refractivity contribution is 0.426. The number of rotatable bonds is 2. The third kappa shape index (κ3) is 2.43. The molecule has 14 heavy (non-hydrogen) atoms. The Bertz CT molecular complexity index is 276. The number of aliphatic imine (C=N–C) groups is 1. The average molecular weight is 192 g/mol. The first-order chi connectivity index (χ1) is 6.76. The fraction of sp³-hybridized carbons (Fsp3) is 0.818. The molecular formula is C11H16N2O. The van der Waals surface area contributed by atoms with Gasteiger partial charge in [0.05, 0.1) is 6.07 Å². The molecule has 0 aromatic rings. The zero-order valence-electron chi connectivity index (χ0n) is 8.62. The second kappa shape index (κ2) is 4.93. The van der Waals surface area contributed by atoms with Gasteiger partial charge in [0, 0.05) is 0 Å². The lowest BCUT2D eigenvalue weighted by atomic mass is 9.91. The summed E-state index contributed by atoms with van der Waals surface area (Å²) in [6.07, 6.45) is 7.31. The van der Waals surface area contributed by atoms with Crippen LogP contribution in [0, 0.1) is 17.2 Å². The van der Waals surface area contributed by atoms with Gasteiger partial charge in [0.1, 0.15) is 0 Å². The molecule has 0 aromatic carbocycles. The van der Waals surface area contributed by atoms with Gasteiger partial charge >= 0.3 is 0 Å². The minimum atomic E-state index is -0.758. The van der Waals surface area contributed by atoms with Crippen molar-refractivity contribution in [3.63, 3.8) is 0 Å². The summed E-state index contributed by atoms with van der Waals surface area (Å²) in [5.41, 5.74) is -0.758. The second-order valence-electron chi connectivity index (χ2n) is 4.05. The van der Waals surface area contributed by atoms with Crippen LogP contribution in [0.15, 0.2) is 4.99 Å². The number of nitriles is 1. The number of carbonyl (C=O) groups excluding carboxylic acids is 1. The van der Waals surface area contributed by atoms with Gasteiger partial charge < -0.3 is 0 Å². The number of nitrogens with zero attached hydrogens (tertiary/aromatic N) is 2. The zero-order chi connectivity index (χ0) is 10.4. The van der Waals surface area contributed by atoms with Gasteiger partial charge in [-0.05, 0) is 31.6 Å². The van der Waals surface area contributed by atoms with Crippen LogP contribution in [0.4, 0.5) is 0 Å². The standard InChI is InChI=1S/C11H16N2O/c1-2-10-4-3-6-11(8-12,7-5-10)13-9-14/h10H,2-7H2,1H3. The first-order valence-electron chi connectivity index (χ1n) is 5.26. The van der Waals surface area contributed by atoms with Gasteiger partial charge in [0.2, 0.25) is 6.08 Å². The number of hydrogen-bond donors (Lipinski definition) is 0. The van der Waals surface area contributed by atoms with Gasteiger partial charge in [0.25, 0.3) is 0 Å². The van der Waals surface area contributed by atoms with Gasteiger partial charge in [-0.1, -0.05) is 19.8 Å². The van der Waals surface area contributed by atoms with E-state index in [1.54, 1.807) is 6.08 Å². The Labute approximate surface area is 84.8 Å². The van der Waals surface area contributed by atoms with Crippen molar-refractivity contribution in [2.45, 2.75) is 51.0 Å². The van der Waals surface area contributed by atoms with E-state index in [0.717, 1.165) is 38.5 Å². The monoisotopic (exact) mass is 192 g/mol. The Kier molecular flexibility index (Phi) is 3.85. The zero-order valence-corrected chi connectivity index (χ0v) is 8.62. The normalized spacial score (nSPS) is 32.4. The maximum absolute atomic E-state index is 10.3. The van der Waals surface area contributed by atoms with Crippen LogP contribution < -0.4 is 0 Å². The number of isocyanates is 1. The van der Waals surface area contributed by atoms with Crippen molar-refractivity contribution in [3.8, 4) is 6.07 Å². The van der Waals surface area contributed by atoms with Gasteiger partial charge in [-0.15, -0.1) is 0 Å². The molecule has 2 unspecified atom stereocenters. The van der Waals surface area contributed by atoms with Crippen LogP contribution in [-0.2, 0) is 4.79 Å². The Morgan fingerprint density at radius 2 is 2.29 bits per heavy atom. The van der Waals surface area contributed by atoms with Gasteiger partial charge in [-0.2, -0.15) is 10.3 Å². The minimum Gasteiger partial charge on any atom is -0.211 e. The molecule has 76 valence electrons. The average Bonchev–Trinajstić information content (AvgIpc) is 2.42. The van der Waals surface area contributed by atoms with Crippen molar-refractivity contribution in [1.29, 1.82) is 5.26 Å². The van der Waals surface area contributed by atoms with Crippen LogP contribution in [0.3, 0.4) is 0 Å². The first kappa shape index (κ1) is 10.9. The molecule has 1 fully saturated rings. The summed E-state index contributed by atoms with van der Waals surface area (Å²) in [5.74, 6) is 0.701. The maximum atomic E-state index is 10.3. The summed E-state index contributed by atoms with van der Waals surface area (Å²) in [6, 6.07) is 2.17. The highest BCUT2D eigenvalue weighted by Gasteiger charge is 2.32. The highest BCUT2D eigenvalue weighted by atomic mass is 16.1. The maximum Gasteiger partial charge on any atom is 0.236 e. The molecular weight excluding hydrogens is 176 g/mol. The van der Waals surface area contributed by atoms with Gasteiger partial charge in [-0.25, -0.2) is 4.79 Å². The van der Waals surface area contributed by atoms with Crippen molar-refractivity contribution >= 4 is 6.08 Å². The minimum absolute atomic E-state index is 0.701. The molecule has 0 spiro atoms. The van der Waals surface area contributed by atoms with E-state index in [2.05, 4.69) is 18.0 Å². The molecule has 1 saturated carbocycles. The van der Waals surface area contributed by atoms with E-state index in [1.165, 1.54) is 0 Å². The van der Waals surface area contributed by atoms with E-state index in [1.807, 2.05) is 0 Å². The van der Waals surface area contributed by atoms with Crippen LogP contribution in [0.1, 0.15) is 45.4 Å². The molecule has 1 aliphatic carbocycles. The van der Waals surface area contributed by atoms with Crippen LogP contribution in [-0.4, -0.2) is 11.6 Å². The first-order valence-corrected chi connectivity index (χ1v) is 5.26. The molecule has 0 aliphatic heterocycles. The Morgan fingerprint density at radius 1 is 1.50 bits per heavy atom. The topological polar surface area (TPSA) is 53.2 Å². The van der Waals surface area contributed by atoms with Crippen molar-refractivity contribution in [2.75, 3.05) is 0 Å². The predicted octanol–water partition coefficient (Wildman–Crippen LogP) is 2.57. The summed E-state index contributed by atoms with van der Waals surface area (Å²) < 4.78 is 0. The van der Waals surface area contributed by atoms with E-state index in [9.17, 15) is 4.79 Å². The van der Waals surface area contributed by atoms with Crippen molar-refractivity contribution in [1.82, 2.24) is 0 Å². The molecule has 0 heterocycles. The Hall–Kier alpha value is -1.13. The van der Waals surface area contributed by atoms with Crippen molar-refractivity contribution in [2.24, 2.45) is 10.9 Å². The highest BCUT2D eigenvalue weighted by molar-refractivity contribution is 5.37. The molecule has 0 saturated heterocycles. The van der Waals surface area contributed by atoms with E-state index < -0.39 is 5.54 Å². The molecule has 2 atom stereocenters. The van der Waals surface area contributed by atoms with Crippen LogP contribution in [0.2, 0.25) is 0 Å². The smallest absolute Gasteiger partial charge is 0.211 e. The summed E-state index contributed by atoms with van der Waals surface area (Å²) in [6.45, 7) is 2.17. The highest BCUT2D eigenvalue weighted by Crippen LogP contribution is 2.33. The fourth-order valence-electron chi connectivity index (χ4n) is 2.14. The Morgan fingerprint density at radius 3 is 2.86 bits per heavy atom. The largest absolute Gasteiger partial charge is 0.236 e. The molecule has 0 radical (unpaired) electrons. The van der Waals surface area contributed by atoms with E-state index >= 15 is 0 Å². The quantitative estimate of drug-likeness (QED) is 0.383. The molecule has 3 nitrogen and oxygen atoms in total. The molecule has 1 aliphatic rings. The summed E-state index contributed by atoms with van der Waals surface area (Å²) in [4.78, 5) is 14.0. The molecule has 0 N–H and O–H groups in total. The third-order valence-electron chi connectivity index (χ3n) is 3.21. The van der Waals surface area contributed by atoms with Crippen molar-refractivity contribution in [3.05, 3.63) is 0 Å². The van der Waals surface area contributed by atoms with E-state index in [4.69, 9.17) is 5.26 Å². The summed E-state index contributed by atoms with van der Waals surface area (Å²) >= 11 is 0. The number of hydrogen-bond acceptors (Lipinski definition) is 3. The van der Waals surface area contributed by atoms with Gasteiger partial charge in [-0.3, -0.25) is 0 Å². The molecule has 3 heteroatoms. The molecule has 0 amide bonds. The van der Waals surface area contributed by atoms with Crippen LogP contribution in [0.25, 0.3) is 0 Å². The molecule has 0 aromatic heterocycles. The lowest BCUT2D eigenvalue weighted by Gasteiger charge is -2.17. The molecule has 1 rings (SSSR count). The van der Waals surface area contributed by atoms with E-state index in [0.29, 0.717) is 5.92 Å². The van der Waals surface area contributed by atoms with Crippen LogP contribution in [0.5, 0.6) is 0 Å².